The van der Waals surface area contributed by atoms with Crippen LogP contribution in [0.4, 0.5) is 13.2 Å². The molecule has 19 heavy (non-hydrogen) atoms. The number of alkyl halides is 2. The summed E-state index contributed by atoms with van der Waals surface area (Å²) in [7, 11) is 0. The van der Waals surface area contributed by atoms with Gasteiger partial charge in [-0.3, -0.25) is 0 Å². The van der Waals surface area contributed by atoms with Crippen molar-refractivity contribution in [3.63, 3.8) is 0 Å². The van der Waals surface area contributed by atoms with Gasteiger partial charge in [0, 0.05) is 5.56 Å². The molecule has 0 bridgehead atoms. The molecule has 0 atom stereocenters. The Balaban J connectivity index is 2.60. The minimum atomic E-state index is -2.84. The molecule has 0 aromatic heterocycles. The van der Waals surface area contributed by atoms with E-state index in [1.165, 1.54) is 30.3 Å². The molecule has 2 aromatic carbocycles. The van der Waals surface area contributed by atoms with Gasteiger partial charge in [0.1, 0.15) is 5.82 Å². The summed E-state index contributed by atoms with van der Waals surface area (Å²) in [5.74, 6) is -1.83. The van der Waals surface area contributed by atoms with E-state index in [9.17, 15) is 18.0 Å². The predicted octanol–water partition coefficient (Wildman–Crippen LogP) is 4.13. The molecule has 2 nitrogen and oxygen atoms in total. The fraction of sp³-hybridized carbons (Fsp3) is 0.0714. The van der Waals surface area contributed by atoms with Gasteiger partial charge in [0.2, 0.25) is 0 Å². The molecule has 0 heterocycles. The zero-order chi connectivity index (χ0) is 14.0. The van der Waals surface area contributed by atoms with Crippen LogP contribution in [-0.2, 0) is 0 Å². The molecular formula is C14H9F3O2. The Morgan fingerprint density at radius 2 is 1.84 bits per heavy atom. The summed E-state index contributed by atoms with van der Waals surface area (Å²) in [6.07, 6.45) is -2.84. The molecular weight excluding hydrogens is 257 g/mol. The third kappa shape index (κ3) is 2.76. The van der Waals surface area contributed by atoms with E-state index in [1.807, 2.05) is 0 Å². The summed E-state index contributed by atoms with van der Waals surface area (Å²) in [6.45, 7) is 0. The SMILES string of the molecule is O=C(O)c1ccc(-c2cccc(F)c2)c(C(F)F)c1. The van der Waals surface area contributed by atoms with Crippen molar-refractivity contribution >= 4 is 5.97 Å². The van der Waals surface area contributed by atoms with Gasteiger partial charge < -0.3 is 5.11 Å². The molecule has 0 saturated carbocycles. The molecule has 0 aliphatic heterocycles. The van der Waals surface area contributed by atoms with Crippen LogP contribution in [0.25, 0.3) is 11.1 Å². The smallest absolute Gasteiger partial charge is 0.335 e. The lowest BCUT2D eigenvalue weighted by molar-refractivity contribution is 0.0696. The van der Waals surface area contributed by atoms with Gasteiger partial charge in [0.05, 0.1) is 5.56 Å². The summed E-state index contributed by atoms with van der Waals surface area (Å²) < 4.78 is 39.1. The van der Waals surface area contributed by atoms with E-state index in [2.05, 4.69) is 0 Å². The Bertz CT molecular complexity index is 624. The average molecular weight is 266 g/mol. The molecule has 0 aliphatic rings. The average Bonchev–Trinajstić information content (AvgIpc) is 2.37. The molecule has 0 saturated heterocycles. The van der Waals surface area contributed by atoms with Crippen LogP contribution in [-0.4, -0.2) is 11.1 Å². The minimum absolute atomic E-state index is 0.125. The highest BCUT2D eigenvalue weighted by atomic mass is 19.3. The van der Waals surface area contributed by atoms with E-state index in [0.717, 1.165) is 12.1 Å². The number of hydrogen-bond donors (Lipinski definition) is 1. The molecule has 2 aromatic rings. The second kappa shape index (κ2) is 5.14. The van der Waals surface area contributed by atoms with Crippen molar-refractivity contribution in [1.29, 1.82) is 0 Å². The summed E-state index contributed by atoms with van der Waals surface area (Å²) in [4.78, 5) is 10.8. The monoisotopic (exact) mass is 266 g/mol. The van der Waals surface area contributed by atoms with Crippen molar-refractivity contribution in [2.24, 2.45) is 0 Å². The fourth-order valence-corrected chi connectivity index (χ4v) is 1.80. The van der Waals surface area contributed by atoms with Gasteiger partial charge in [-0.1, -0.05) is 18.2 Å². The number of carboxylic acid groups (broad SMARTS) is 1. The maximum absolute atomic E-state index is 13.1. The van der Waals surface area contributed by atoms with Crippen LogP contribution in [0.5, 0.6) is 0 Å². The summed E-state index contributed by atoms with van der Waals surface area (Å²) in [6, 6.07) is 8.62. The molecule has 0 fully saturated rings. The highest BCUT2D eigenvalue weighted by molar-refractivity contribution is 5.89. The highest BCUT2D eigenvalue weighted by Gasteiger charge is 2.17. The quantitative estimate of drug-likeness (QED) is 0.906. The van der Waals surface area contributed by atoms with Crippen molar-refractivity contribution < 1.29 is 23.1 Å². The second-order valence-corrected chi connectivity index (χ2v) is 3.92. The second-order valence-electron chi connectivity index (χ2n) is 3.92. The van der Waals surface area contributed by atoms with E-state index in [4.69, 9.17) is 5.11 Å². The Labute approximate surface area is 107 Å². The normalized spacial score (nSPS) is 10.7. The first-order valence-electron chi connectivity index (χ1n) is 5.40. The van der Waals surface area contributed by atoms with Gasteiger partial charge in [-0.2, -0.15) is 0 Å². The topological polar surface area (TPSA) is 37.3 Å². The van der Waals surface area contributed by atoms with Gasteiger partial charge in [-0.05, 0) is 35.4 Å². The fourth-order valence-electron chi connectivity index (χ4n) is 1.80. The van der Waals surface area contributed by atoms with Crippen LogP contribution < -0.4 is 0 Å². The lowest BCUT2D eigenvalue weighted by Crippen LogP contribution is -1.99. The van der Waals surface area contributed by atoms with Crippen molar-refractivity contribution in [2.75, 3.05) is 0 Å². The minimum Gasteiger partial charge on any atom is -0.478 e. The van der Waals surface area contributed by atoms with Gasteiger partial charge in [-0.15, -0.1) is 0 Å². The predicted molar refractivity (Wildman–Crippen MR) is 63.8 cm³/mol. The first-order valence-corrected chi connectivity index (χ1v) is 5.40. The van der Waals surface area contributed by atoms with Crippen molar-refractivity contribution in [3.05, 3.63) is 59.4 Å². The number of carbonyl (C=O) groups is 1. The summed E-state index contributed by atoms with van der Waals surface area (Å²) in [5, 5.41) is 8.79. The van der Waals surface area contributed by atoms with Crippen molar-refractivity contribution in [2.45, 2.75) is 6.43 Å². The zero-order valence-electron chi connectivity index (χ0n) is 9.61. The maximum atomic E-state index is 13.1. The van der Waals surface area contributed by atoms with Gasteiger partial charge >= 0.3 is 5.97 Å². The van der Waals surface area contributed by atoms with Crippen molar-refractivity contribution in [3.8, 4) is 11.1 Å². The Morgan fingerprint density at radius 3 is 2.42 bits per heavy atom. The van der Waals surface area contributed by atoms with Crippen LogP contribution >= 0.6 is 0 Å². The Kier molecular flexibility index (Phi) is 3.55. The van der Waals surface area contributed by atoms with Crippen LogP contribution in [0.15, 0.2) is 42.5 Å². The number of rotatable bonds is 3. The van der Waals surface area contributed by atoms with Gasteiger partial charge in [0.15, 0.2) is 0 Å². The van der Waals surface area contributed by atoms with Crippen LogP contribution in [0, 0.1) is 5.82 Å². The van der Waals surface area contributed by atoms with Gasteiger partial charge in [-0.25, -0.2) is 18.0 Å². The Morgan fingerprint density at radius 1 is 1.11 bits per heavy atom. The third-order valence-electron chi connectivity index (χ3n) is 2.67. The lowest BCUT2D eigenvalue weighted by atomic mass is 9.97. The highest BCUT2D eigenvalue weighted by Crippen LogP contribution is 2.32. The van der Waals surface area contributed by atoms with Crippen LogP contribution in [0.1, 0.15) is 22.3 Å². The van der Waals surface area contributed by atoms with E-state index >= 15 is 0 Å². The molecule has 0 radical (unpaired) electrons. The molecule has 0 unspecified atom stereocenters. The van der Waals surface area contributed by atoms with Crippen molar-refractivity contribution in [1.82, 2.24) is 0 Å². The van der Waals surface area contributed by atoms with Crippen LogP contribution in [0.3, 0.4) is 0 Å². The molecule has 1 N–H and O–H groups in total. The Hall–Kier alpha value is -2.30. The molecule has 5 heteroatoms. The third-order valence-corrected chi connectivity index (χ3v) is 2.67. The molecule has 98 valence electrons. The largest absolute Gasteiger partial charge is 0.478 e. The van der Waals surface area contributed by atoms with Crippen LogP contribution in [0.2, 0.25) is 0 Å². The molecule has 0 amide bonds. The number of aromatic carboxylic acids is 1. The van der Waals surface area contributed by atoms with E-state index in [-0.39, 0.29) is 16.7 Å². The first kappa shape index (κ1) is 13.1. The van der Waals surface area contributed by atoms with Gasteiger partial charge in [0.25, 0.3) is 6.43 Å². The first-order chi connectivity index (χ1) is 8.99. The number of hydrogen-bond acceptors (Lipinski definition) is 1. The number of halogens is 3. The van der Waals surface area contributed by atoms with E-state index < -0.39 is 23.8 Å². The summed E-state index contributed by atoms with van der Waals surface area (Å²) in [5.41, 5.74) is -0.243. The standard InChI is InChI=1S/C14H9F3O2/c15-10-3-1-2-8(6-10)11-5-4-9(14(18)19)7-12(11)13(16)17/h1-7,13H,(H,18,19). The molecule has 0 aliphatic carbocycles. The number of carboxylic acids is 1. The molecule has 2 rings (SSSR count). The van der Waals surface area contributed by atoms with E-state index in [0.29, 0.717) is 0 Å². The summed E-state index contributed by atoms with van der Waals surface area (Å²) >= 11 is 0. The zero-order valence-corrected chi connectivity index (χ0v) is 9.61. The molecule has 0 spiro atoms. The lowest BCUT2D eigenvalue weighted by Gasteiger charge is -2.10. The number of benzene rings is 2. The maximum Gasteiger partial charge on any atom is 0.335 e. The van der Waals surface area contributed by atoms with E-state index in [1.54, 1.807) is 0 Å².